The zero-order chi connectivity index (χ0) is 83.8. The highest BCUT2D eigenvalue weighted by Gasteiger charge is 2.62. The van der Waals surface area contributed by atoms with Crippen molar-refractivity contribution in [3.8, 4) is 18.2 Å². The molecule has 2 amide bonds. The van der Waals surface area contributed by atoms with Gasteiger partial charge in [0.25, 0.3) is 18.1 Å². The first-order valence-electron chi connectivity index (χ1n) is 31.9. The molecule has 9 rings (SSSR count). The van der Waals surface area contributed by atoms with Gasteiger partial charge in [-0.2, -0.15) is 55.3 Å². The summed E-state index contributed by atoms with van der Waals surface area (Å²) in [5, 5.41) is 38.7. The topological polar surface area (TPSA) is 414 Å². The summed E-state index contributed by atoms with van der Waals surface area (Å²) in [4.78, 5) is 93.8. The fourth-order valence-corrected chi connectivity index (χ4v) is 10.4. The van der Waals surface area contributed by atoms with Gasteiger partial charge >= 0.3 is 36.7 Å². The van der Waals surface area contributed by atoms with E-state index in [4.69, 9.17) is 41.8 Å². The van der Waals surface area contributed by atoms with Gasteiger partial charge in [-0.3, -0.25) is 29.5 Å². The number of nitriles is 3. The molecule has 43 heteroatoms. The predicted octanol–water partition coefficient (Wildman–Crippen LogP) is 12.4. The lowest BCUT2D eigenvalue weighted by molar-refractivity contribution is -0.228. The van der Waals surface area contributed by atoms with Crippen LogP contribution in [0.4, 0.5) is 81.3 Å². The van der Waals surface area contributed by atoms with Crippen molar-refractivity contribution in [3.05, 3.63) is 170 Å². The Kier molecular flexibility index (Phi) is 28.6. The van der Waals surface area contributed by atoms with Crippen molar-refractivity contribution < 1.29 is 119 Å². The summed E-state index contributed by atoms with van der Waals surface area (Å²) in [5.74, 6) is -5.90. The number of halogens is 16. The number of ether oxygens (including phenoxy) is 5. The third-order valence-corrected chi connectivity index (χ3v) is 15.5. The number of hydrogen-bond acceptors (Lipinski definition) is 24. The number of amides is 2. The molecule has 7 N–H and O–H groups in total. The first-order valence-corrected chi connectivity index (χ1v) is 31.9. The van der Waals surface area contributed by atoms with Gasteiger partial charge < -0.3 is 40.3 Å². The van der Waals surface area contributed by atoms with Gasteiger partial charge in [-0.05, 0) is 154 Å². The number of carbonyl (C=O) groups is 5. The number of carbonyl (C=O) groups excluding carboxylic acids is 4. The number of aliphatic imine (C=N–C) groups is 3. The lowest BCUT2D eigenvalue weighted by atomic mass is 9.86. The van der Waals surface area contributed by atoms with E-state index >= 15 is 4.39 Å². The number of ketones is 2. The first-order chi connectivity index (χ1) is 51.1. The maximum absolute atomic E-state index is 15.4. The first kappa shape index (κ1) is 91.0. The number of nitrogen functional groups attached to an aromatic ring is 1. The molecule has 0 unspecified atom stereocenters. The van der Waals surface area contributed by atoms with Gasteiger partial charge in [-0.25, -0.2) is 76.3 Å². The molecule has 9 atom stereocenters. The molecule has 0 fully saturated rings. The number of nitrogens with one attached hydrogen (secondary N) is 2. The number of aromatic carboxylic acids is 1. The number of anilines is 1. The zero-order valence-electron chi connectivity index (χ0n) is 60.4. The van der Waals surface area contributed by atoms with Crippen LogP contribution in [0.3, 0.4) is 0 Å². The Morgan fingerprint density at radius 3 is 1.12 bits per heavy atom. The molecule has 27 nitrogen and oxygen atoms in total. The molecule has 0 bridgehead atoms. The van der Waals surface area contributed by atoms with Crippen molar-refractivity contribution in [2.75, 3.05) is 5.73 Å². The minimum Gasteiger partial charge on any atom is -0.477 e. The van der Waals surface area contributed by atoms with E-state index in [0.717, 1.165) is 57.2 Å². The second-order valence-electron chi connectivity index (χ2n) is 26.8. The molecular weight excluding hydrogens is 1640 g/mol. The molecule has 112 heavy (non-hydrogen) atoms. The molecule has 0 spiro atoms. The van der Waals surface area contributed by atoms with E-state index in [2.05, 4.69) is 59.1 Å². The second kappa shape index (κ2) is 35.2. The van der Waals surface area contributed by atoms with Crippen LogP contribution in [-0.2, 0) is 53.1 Å². The Labute approximate surface area is 643 Å². The molecule has 0 aliphatic carbocycles. The Hall–Kier alpha value is -11.6. The van der Waals surface area contributed by atoms with E-state index in [-0.39, 0.29) is 69.4 Å². The number of alkyl carbamates (subject to hydrolysis) is 2. The summed E-state index contributed by atoms with van der Waals surface area (Å²) < 4.78 is 233. The average molecular weight is 1710 g/mol. The quantitative estimate of drug-likeness (QED) is 0.0483. The molecule has 0 saturated carbocycles. The fourth-order valence-electron chi connectivity index (χ4n) is 10.4. The summed E-state index contributed by atoms with van der Waals surface area (Å²) >= 11 is 0. The van der Waals surface area contributed by atoms with Crippen LogP contribution in [-0.4, -0.2) is 149 Å². The van der Waals surface area contributed by atoms with Crippen molar-refractivity contribution in [3.63, 3.8) is 0 Å². The van der Waals surface area contributed by atoms with E-state index in [9.17, 15) is 85.4 Å². The van der Waals surface area contributed by atoms with E-state index < -0.39 is 178 Å². The average Bonchev–Trinajstić information content (AvgIpc) is 0.755. The van der Waals surface area contributed by atoms with Crippen LogP contribution in [0.15, 0.2) is 88.2 Å². The smallest absolute Gasteiger partial charge is 0.428 e. The van der Waals surface area contributed by atoms with E-state index in [1.807, 2.05) is 28.8 Å². The lowest BCUT2D eigenvalue weighted by Crippen LogP contribution is -2.57. The number of aromatic nitrogens is 6. The summed E-state index contributed by atoms with van der Waals surface area (Å²) in [7, 11) is 0. The third kappa shape index (κ3) is 22.6. The van der Waals surface area contributed by atoms with Gasteiger partial charge in [0.05, 0.1) is 29.5 Å². The number of aryl methyl sites for hydroxylation is 3. The maximum atomic E-state index is 15.4. The van der Waals surface area contributed by atoms with Crippen molar-refractivity contribution in [2.24, 2.45) is 20.7 Å². The van der Waals surface area contributed by atoms with Gasteiger partial charge in [-0.1, -0.05) is 0 Å². The van der Waals surface area contributed by atoms with Gasteiger partial charge in [0.1, 0.15) is 97.8 Å². The number of amidine groups is 3. The number of Topliss-reactive ketones (excluding diaryl/α,β-unsaturated/α-hetero) is 2. The number of carboxylic acid groups (broad SMARTS) is 1. The van der Waals surface area contributed by atoms with Crippen molar-refractivity contribution in [2.45, 2.75) is 179 Å². The Bertz CT molecular complexity index is 4810. The SMILES string of the molecule is CC(C)(C)OC(=O)NC1=N[C@](C)(c2nc(N)ccc2F)[C@@H](F)[C@@H](C(F)(F)F)O1.Cc1cc(C#N)cnc1C(=O)Cc1ccc(F)c([C@@]2(C)N=C(N)O[C@H](C(F)(F)F)[C@@H]2F)n1.Cc1cc(C#N)cnc1C(=O)Cc1ccc(F)c([C@@]2(C)N=C(NC(=O)OC(C)(C)C)O[C@H](C(F)(F)F)[C@@H]2F)n1.Cc1cc(C#N)cnc1C(=O)O.I. The molecule has 3 aliphatic heterocycles. The minimum absolute atomic E-state index is 0. The number of nitrogens with two attached hydrogens (primary N) is 2. The van der Waals surface area contributed by atoms with Crippen LogP contribution in [0.5, 0.6) is 0 Å². The number of nitrogens with zero attached hydrogens (tertiary/aromatic N) is 12. The van der Waals surface area contributed by atoms with Crippen molar-refractivity contribution >= 4 is 77.6 Å². The number of carboxylic acids is 1. The van der Waals surface area contributed by atoms with E-state index in [1.54, 1.807) is 20.8 Å². The number of alkyl halides is 12. The zero-order valence-corrected chi connectivity index (χ0v) is 62.8. The fraction of sp³-hybridized carbons (Fsp3) is 0.406. The minimum atomic E-state index is -5.28. The number of rotatable bonds is 10. The predicted molar refractivity (Wildman–Crippen MR) is 371 cm³/mol. The molecule has 600 valence electrons. The molecule has 0 radical (unpaired) electrons. The molecular formula is C69H66F15IN16O11. The second-order valence-corrected chi connectivity index (χ2v) is 26.8. The molecule has 6 aromatic heterocycles. The van der Waals surface area contributed by atoms with Crippen molar-refractivity contribution in [1.82, 2.24) is 40.5 Å². The van der Waals surface area contributed by atoms with Crippen LogP contribution in [0, 0.1) is 72.2 Å². The molecule has 9 heterocycles. The molecule has 3 aliphatic rings. The summed E-state index contributed by atoms with van der Waals surface area (Å²) in [6.07, 6.45) is -33.1. The van der Waals surface area contributed by atoms with E-state index in [0.29, 0.717) is 22.3 Å². The number of pyridine rings is 6. The largest absolute Gasteiger partial charge is 0.477 e. The van der Waals surface area contributed by atoms with Crippen LogP contribution in [0.2, 0.25) is 0 Å². The molecule has 6 aromatic rings. The van der Waals surface area contributed by atoms with Gasteiger partial charge in [-0.15, -0.1) is 24.0 Å². The monoisotopic (exact) mass is 1710 g/mol. The van der Waals surface area contributed by atoms with Crippen LogP contribution in [0.1, 0.15) is 156 Å². The number of hydrogen-bond donors (Lipinski definition) is 5. The Morgan fingerprint density at radius 1 is 0.509 bits per heavy atom. The highest BCUT2D eigenvalue weighted by atomic mass is 127. The molecule has 0 saturated heterocycles. The van der Waals surface area contributed by atoms with Crippen molar-refractivity contribution in [1.29, 1.82) is 15.8 Å². The third-order valence-electron chi connectivity index (χ3n) is 15.5. The van der Waals surface area contributed by atoms with Gasteiger partial charge in [0.2, 0.25) is 18.3 Å². The summed E-state index contributed by atoms with van der Waals surface area (Å²) in [6.45, 7) is 16.4. The summed E-state index contributed by atoms with van der Waals surface area (Å²) in [5.41, 5.74) is 0.856. The van der Waals surface area contributed by atoms with Crippen LogP contribution in [0.25, 0.3) is 0 Å². The highest BCUT2D eigenvalue weighted by Crippen LogP contribution is 2.46. The van der Waals surface area contributed by atoms with Gasteiger partial charge in [0.15, 0.2) is 35.8 Å². The Morgan fingerprint density at radius 2 is 0.812 bits per heavy atom. The Balaban J connectivity index is 0.000000281. The molecule has 0 aromatic carbocycles. The van der Waals surface area contributed by atoms with Crippen LogP contribution < -0.4 is 22.1 Å². The highest BCUT2D eigenvalue weighted by molar-refractivity contribution is 14.0. The normalized spacial score (nSPS) is 21.4. The lowest BCUT2D eigenvalue weighted by Gasteiger charge is -2.39. The van der Waals surface area contributed by atoms with Crippen LogP contribution >= 0.6 is 24.0 Å². The summed E-state index contributed by atoms with van der Waals surface area (Å²) in [6, 6.07) is 12.8. The maximum Gasteiger partial charge on any atom is 0.428 e. The van der Waals surface area contributed by atoms with Gasteiger partial charge in [0, 0.05) is 30.0 Å². The van der Waals surface area contributed by atoms with E-state index in [1.165, 1.54) is 78.3 Å². The standard InChI is InChI=1S/C25H24F5N5O4.C20H16F5N5O2.C16H19F5N4O3.C8H6N2O2.HI/c1-12-8-13(10-31)11-32-17(12)16(36)9-14-6-7-15(26)19(33-14)24(5)18(27)20(25(28,29)30)38-21(35-24)34-22(37)39-23(2,3)4;1-9-5-10(7-26)8-28-14(9)13(31)6-11-3-4-12(21)16(29-11)19(2)15(22)17(20(23,24)25)32-18(27)30-19;1-14(2,3)28-13(26)24-12-25-15(4,9(18)11(27-12)16(19,20)21)10-7(17)5-6-8(22)23-10;1-5-2-6(3-9)4-10-7(5)8(11)12;/h6-8,11,18,20H,9H2,1-5H3,(H,34,35,37);3-5,8,15,17H,6H2,1-2H3,(H2,27,30);5-6,9,11H,1-4H3,(H2,22,23)(H,24,25,26);2,4H,1H3,(H,11,12);1H/t18-,20-,24-;15-,17-,19-;9-,11-,15-;;/m000../s1.